The Labute approximate surface area is 119 Å². The topological polar surface area (TPSA) is 92.9 Å². The van der Waals surface area contributed by atoms with Gasteiger partial charge in [0, 0.05) is 24.2 Å². The molecule has 1 aromatic carbocycles. The van der Waals surface area contributed by atoms with Crippen LogP contribution in [0.3, 0.4) is 0 Å². The summed E-state index contributed by atoms with van der Waals surface area (Å²) >= 11 is 5.75. The molecule has 0 aromatic heterocycles. The van der Waals surface area contributed by atoms with Gasteiger partial charge in [0.25, 0.3) is 5.69 Å². The van der Waals surface area contributed by atoms with Crippen LogP contribution in [0.15, 0.2) is 18.2 Å². The molecule has 1 fully saturated rings. The zero-order chi connectivity index (χ0) is 14.9. The minimum absolute atomic E-state index is 0.0715. The number of rotatable bonds is 5. The summed E-state index contributed by atoms with van der Waals surface area (Å²) in [5.74, 6) is -1.04. The van der Waals surface area contributed by atoms with Gasteiger partial charge in [-0.15, -0.1) is 0 Å². The Balaban J connectivity index is 2.09. The van der Waals surface area contributed by atoms with E-state index in [1.807, 2.05) is 0 Å². The summed E-state index contributed by atoms with van der Waals surface area (Å²) in [7, 11) is 0. The Morgan fingerprint density at radius 3 is 2.80 bits per heavy atom. The molecule has 20 heavy (non-hydrogen) atoms. The van der Waals surface area contributed by atoms with Gasteiger partial charge in [0.15, 0.2) is 0 Å². The maximum atomic E-state index is 11.0. The van der Waals surface area contributed by atoms with E-state index in [1.54, 1.807) is 24.0 Å². The van der Waals surface area contributed by atoms with Gasteiger partial charge in [0.2, 0.25) is 0 Å². The number of nitro groups is 1. The molecule has 7 nitrogen and oxygen atoms in total. The molecule has 1 aliphatic rings. The van der Waals surface area contributed by atoms with E-state index in [0.29, 0.717) is 23.8 Å². The van der Waals surface area contributed by atoms with Crippen molar-refractivity contribution >= 4 is 28.9 Å². The highest BCUT2D eigenvalue weighted by atomic mass is 35.5. The number of halogens is 1. The van der Waals surface area contributed by atoms with Crippen LogP contribution in [0.5, 0.6) is 0 Å². The number of carboxylic acid groups (broad SMARTS) is 1. The molecule has 0 aliphatic carbocycles. The average Bonchev–Trinajstić information content (AvgIpc) is 2.33. The molecule has 0 amide bonds. The Morgan fingerprint density at radius 2 is 2.25 bits per heavy atom. The zero-order valence-electron chi connectivity index (χ0n) is 10.7. The third kappa shape index (κ3) is 3.00. The first-order valence-corrected chi connectivity index (χ1v) is 6.23. The molecule has 1 heterocycles. The van der Waals surface area contributed by atoms with E-state index < -0.39 is 16.5 Å². The van der Waals surface area contributed by atoms with E-state index in [4.69, 9.17) is 21.4 Å². The molecule has 0 saturated carbocycles. The molecule has 0 bridgehead atoms. The lowest BCUT2D eigenvalue weighted by molar-refractivity contribution is -0.384. The lowest BCUT2D eigenvalue weighted by Gasteiger charge is -2.48. The largest absolute Gasteiger partial charge is 0.480 e. The summed E-state index contributed by atoms with van der Waals surface area (Å²) in [6.45, 7) is 2.17. The number of carboxylic acids is 1. The van der Waals surface area contributed by atoms with Gasteiger partial charge >= 0.3 is 5.97 Å². The highest BCUT2D eigenvalue weighted by Gasteiger charge is 2.42. The third-order valence-corrected chi connectivity index (χ3v) is 3.30. The van der Waals surface area contributed by atoms with Gasteiger partial charge in [-0.05, 0) is 19.1 Å². The van der Waals surface area contributed by atoms with Gasteiger partial charge in [-0.3, -0.25) is 10.1 Å². The van der Waals surface area contributed by atoms with E-state index in [2.05, 4.69) is 0 Å². The van der Waals surface area contributed by atoms with E-state index in [-0.39, 0.29) is 12.3 Å². The van der Waals surface area contributed by atoms with Crippen molar-refractivity contribution in [1.29, 1.82) is 0 Å². The predicted octanol–water partition coefficient (Wildman–Crippen LogP) is 1.93. The number of carbonyl (C=O) groups is 1. The van der Waals surface area contributed by atoms with Crippen molar-refractivity contribution in [2.75, 3.05) is 24.6 Å². The predicted molar refractivity (Wildman–Crippen MR) is 72.3 cm³/mol. The molecule has 0 radical (unpaired) electrons. The Bertz CT molecular complexity index is 557. The number of nitrogens with zero attached hydrogens (tertiary/aromatic N) is 2. The molecule has 108 valence electrons. The van der Waals surface area contributed by atoms with Crippen LogP contribution >= 0.6 is 11.6 Å². The van der Waals surface area contributed by atoms with Crippen LogP contribution in [0.25, 0.3) is 0 Å². The van der Waals surface area contributed by atoms with Crippen molar-refractivity contribution in [2.24, 2.45) is 0 Å². The van der Waals surface area contributed by atoms with E-state index in [0.717, 1.165) is 0 Å². The van der Waals surface area contributed by atoms with Crippen LogP contribution in [0.2, 0.25) is 5.02 Å². The number of anilines is 1. The lowest BCUT2D eigenvalue weighted by atomic mass is 9.95. The summed E-state index contributed by atoms with van der Waals surface area (Å²) in [6.07, 6.45) is 0. The van der Waals surface area contributed by atoms with Crippen LogP contribution in [0.1, 0.15) is 6.92 Å². The summed E-state index contributed by atoms with van der Waals surface area (Å²) in [5, 5.41) is 19.9. The van der Waals surface area contributed by atoms with Crippen LogP contribution < -0.4 is 4.90 Å². The number of nitro benzene ring substituents is 1. The van der Waals surface area contributed by atoms with Gasteiger partial charge in [0.05, 0.1) is 4.92 Å². The van der Waals surface area contributed by atoms with E-state index in [9.17, 15) is 14.9 Å². The zero-order valence-corrected chi connectivity index (χ0v) is 11.5. The van der Waals surface area contributed by atoms with Crippen molar-refractivity contribution in [1.82, 2.24) is 0 Å². The molecule has 0 atom stereocenters. The Hall–Kier alpha value is -1.86. The highest BCUT2D eigenvalue weighted by molar-refractivity contribution is 6.30. The van der Waals surface area contributed by atoms with E-state index >= 15 is 0 Å². The molecule has 1 saturated heterocycles. The van der Waals surface area contributed by atoms with Crippen molar-refractivity contribution in [3.63, 3.8) is 0 Å². The first kappa shape index (κ1) is 14.5. The number of hydrogen-bond acceptors (Lipinski definition) is 5. The minimum atomic E-state index is -1.04. The first-order chi connectivity index (χ1) is 9.31. The summed E-state index contributed by atoms with van der Waals surface area (Å²) < 4.78 is 5.27. The summed E-state index contributed by atoms with van der Waals surface area (Å²) in [6, 6.07) is 4.46. The molecule has 0 unspecified atom stereocenters. The second-order valence-corrected chi connectivity index (χ2v) is 5.31. The third-order valence-electron chi connectivity index (χ3n) is 3.07. The van der Waals surface area contributed by atoms with Crippen LogP contribution in [-0.4, -0.2) is 41.3 Å². The SMILES string of the molecule is CC1(OCC(=O)O)CN(c2ccc(Cl)cc2[N+](=O)[O-])C1. The summed E-state index contributed by atoms with van der Waals surface area (Å²) in [5.41, 5.74) is -0.222. The second kappa shape index (κ2) is 5.26. The second-order valence-electron chi connectivity index (χ2n) is 4.88. The van der Waals surface area contributed by atoms with Gasteiger partial charge in [-0.1, -0.05) is 11.6 Å². The fourth-order valence-corrected chi connectivity index (χ4v) is 2.34. The maximum absolute atomic E-state index is 11.0. The van der Waals surface area contributed by atoms with Crippen molar-refractivity contribution in [3.05, 3.63) is 33.3 Å². The number of benzene rings is 1. The van der Waals surface area contributed by atoms with Crippen LogP contribution in [0.4, 0.5) is 11.4 Å². The molecule has 2 rings (SSSR count). The van der Waals surface area contributed by atoms with Gasteiger partial charge in [0.1, 0.15) is 17.9 Å². The maximum Gasteiger partial charge on any atom is 0.329 e. The van der Waals surface area contributed by atoms with Gasteiger partial charge in [-0.25, -0.2) is 4.79 Å². The fourth-order valence-electron chi connectivity index (χ4n) is 2.17. The molecule has 0 spiro atoms. The summed E-state index contributed by atoms with van der Waals surface area (Å²) in [4.78, 5) is 22.8. The van der Waals surface area contributed by atoms with Gasteiger partial charge in [-0.2, -0.15) is 0 Å². The van der Waals surface area contributed by atoms with Crippen molar-refractivity contribution in [2.45, 2.75) is 12.5 Å². The smallest absolute Gasteiger partial charge is 0.329 e. The number of hydrogen-bond donors (Lipinski definition) is 1. The van der Waals surface area contributed by atoms with Gasteiger partial charge < -0.3 is 14.7 Å². The van der Waals surface area contributed by atoms with Crippen molar-refractivity contribution in [3.8, 4) is 0 Å². The number of aliphatic carboxylic acids is 1. The Morgan fingerprint density at radius 1 is 1.60 bits per heavy atom. The molecule has 1 aliphatic heterocycles. The van der Waals surface area contributed by atoms with Crippen LogP contribution in [-0.2, 0) is 9.53 Å². The monoisotopic (exact) mass is 300 g/mol. The fraction of sp³-hybridized carbons (Fsp3) is 0.417. The first-order valence-electron chi connectivity index (χ1n) is 5.85. The highest BCUT2D eigenvalue weighted by Crippen LogP contribution is 2.37. The molecule has 1 N–H and O–H groups in total. The van der Waals surface area contributed by atoms with Crippen molar-refractivity contribution < 1.29 is 19.6 Å². The minimum Gasteiger partial charge on any atom is -0.480 e. The lowest BCUT2D eigenvalue weighted by Crippen LogP contribution is -2.62. The van der Waals surface area contributed by atoms with E-state index in [1.165, 1.54) is 6.07 Å². The molecule has 1 aromatic rings. The molecular formula is C12H13ClN2O5. The molecule has 8 heteroatoms. The quantitative estimate of drug-likeness (QED) is 0.659. The standard InChI is InChI=1S/C12H13ClN2O5/c1-12(20-5-11(16)17)6-14(7-12)9-3-2-8(13)4-10(9)15(18)19/h2-4H,5-7H2,1H3,(H,16,17). The average molecular weight is 301 g/mol. The Kier molecular flexibility index (Phi) is 3.82. The van der Waals surface area contributed by atoms with Crippen LogP contribution in [0, 0.1) is 10.1 Å². The normalized spacial score (nSPS) is 16.6. The molecular weight excluding hydrogens is 288 g/mol. The number of ether oxygens (including phenoxy) is 1.